The molecule has 0 aromatic heterocycles. The third-order valence-electron chi connectivity index (χ3n) is 3.45. The number of hydrogen-bond acceptors (Lipinski definition) is 2. The van der Waals surface area contributed by atoms with Gasteiger partial charge in [0.15, 0.2) is 5.05 Å². The third-order valence-corrected chi connectivity index (χ3v) is 3.82. The van der Waals surface area contributed by atoms with E-state index in [9.17, 15) is 0 Å². The summed E-state index contributed by atoms with van der Waals surface area (Å²) in [4.78, 5) is 0. The minimum atomic E-state index is 0.781. The summed E-state index contributed by atoms with van der Waals surface area (Å²) in [6, 6.07) is 0. The largest absolute Gasteiger partial charge is 0.490 e. The Morgan fingerprint density at radius 2 is 2.07 bits per heavy atom. The molecule has 2 atom stereocenters. The van der Waals surface area contributed by atoms with E-state index < -0.39 is 0 Å². The molecule has 1 rings (SSSR count). The SMILES string of the molecule is CCC1CCCC(CCC(=S)OC)C1. The van der Waals surface area contributed by atoms with E-state index in [1.54, 1.807) is 7.11 Å². The molecule has 0 aliphatic heterocycles. The van der Waals surface area contributed by atoms with Gasteiger partial charge in [-0.1, -0.05) is 32.6 Å². The Hall–Kier alpha value is -0.110. The Kier molecular flexibility index (Phi) is 5.46. The first-order chi connectivity index (χ1) is 6.76. The lowest BCUT2D eigenvalue weighted by atomic mass is 9.78. The number of hydrogen-bond donors (Lipinski definition) is 0. The molecule has 0 radical (unpaired) electrons. The second-order valence-electron chi connectivity index (χ2n) is 4.42. The highest BCUT2D eigenvalue weighted by Gasteiger charge is 2.20. The molecule has 1 fully saturated rings. The molecule has 0 amide bonds. The fourth-order valence-electron chi connectivity index (χ4n) is 2.46. The van der Waals surface area contributed by atoms with Gasteiger partial charge in [0.1, 0.15) is 0 Å². The van der Waals surface area contributed by atoms with Crippen LogP contribution >= 0.6 is 12.2 Å². The van der Waals surface area contributed by atoms with Crippen molar-refractivity contribution in [1.82, 2.24) is 0 Å². The number of ether oxygens (including phenoxy) is 1. The van der Waals surface area contributed by atoms with Gasteiger partial charge in [-0.05, 0) is 36.9 Å². The zero-order chi connectivity index (χ0) is 10.4. The summed E-state index contributed by atoms with van der Waals surface area (Å²) in [7, 11) is 1.68. The molecule has 0 N–H and O–H groups in total. The molecule has 0 spiro atoms. The van der Waals surface area contributed by atoms with Gasteiger partial charge in [0.25, 0.3) is 0 Å². The quantitative estimate of drug-likeness (QED) is 0.655. The maximum atomic E-state index is 5.06. The Morgan fingerprint density at radius 3 is 2.71 bits per heavy atom. The zero-order valence-corrected chi connectivity index (χ0v) is 10.2. The summed E-state index contributed by atoms with van der Waals surface area (Å²) < 4.78 is 5.03. The highest BCUT2D eigenvalue weighted by Crippen LogP contribution is 2.33. The molecule has 2 heteroatoms. The first kappa shape index (κ1) is 12.0. The van der Waals surface area contributed by atoms with Crippen molar-refractivity contribution in [2.75, 3.05) is 7.11 Å². The molecule has 14 heavy (non-hydrogen) atoms. The Balaban J connectivity index is 2.20. The van der Waals surface area contributed by atoms with E-state index >= 15 is 0 Å². The third kappa shape index (κ3) is 3.95. The number of rotatable bonds is 4. The lowest BCUT2D eigenvalue weighted by Gasteiger charge is -2.28. The van der Waals surface area contributed by atoms with Crippen LogP contribution in [0.4, 0.5) is 0 Å². The van der Waals surface area contributed by atoms with Crippen LogP contribution in [0.2, 0.25) is 0 Å². The molecule has 1 aliphatic rings. The molecule has 0 aromatic carbocycles. The van der Waals surface area contributed by atoms with E-state index in [2.05, 4.69) is 6.92 Å². The Bertz CT molecular complexity index is 179. The van der Waals surface area contributed by atoms with Gasteiger partial charge >= 0.3 is 0 Å². The molecule has 0 bridgehead atoms. The minimum absolute atomic E-state index is 0.781. The molecule has 1 saturated carbocycles. The van der Waals surface area contributed by atoms with E-state index in [0.29, 0.717) is 0 Å². The summed E-state index contributed by atoms with van der Waals surface area (Å²) in [6.07, 6.45) is 9.26. The van der Waals surface area contributed by atoms with Gasteiger partial charge in [-0.2, -0.15) is 0 Å². The van der Waals surface area contributed by atoms with Crippen LogP contribution in [0, 0.1) is 11.8 Å². The maximum Gasteiger partial charge on any atom is 0.159 e. The summed E-state index contributed by atoms with van der Waals surface area (Å²) in [5.74, 6) is 1.88. The first-order valence-corrected chi connectivity index (χ1v) is 6.23. The van der Waals surface area contributed by atoms with Gasteiger partial charge in [-0.25, -0.2) is 0 Å². The van der Waals surface area contributed by atoms with E-state index in [4.69, 9.17) is 17.0 Å². The van der Waals surface area contributed by atoms with Crippen molar-refractivity contribution >= 4 is 17.3 Å². The Labute approximate surface area is 93.2 Å². The van der Waals surface area contributed by atoms with E-state index in [1.165, 1.54) is 38.5 Å². The average molecular weight is 214 g/mol. The van der Waals surface area contributed by atoms with Crippen LogP contribution in [0.25, 0.3) is 0 Å². The molecule has 2 unspecified atom stereocenters. The van der Waals surface area contributed by atoms with Crippen LogP contribution < -0.4 is 0 Å². The normalized spacial score (nSPS) is 27.3. The topological polar surface area (TPSA) is 9.23 Å². The van der Waals surface area contributed by atoms with Gasteiger partial charge in [0.05, 0.1) is 7.11 Å². The lowest BCUT2D eigenvalue weighted by Crippen LogP contribution is -2.16. The summed E-state index contributed by atoms with van der Waals surface area (Å²) >= 11 is 5.06. The molecule has 0 aromatic rings. The van der Waals surface area contributed by atoms with Crippen molar-refractivity contribution in [3.8, 4) is 0 Å². The number of methoxy groups -OCH3 is 1. The zero-order valence-electron chi connectivity index (χ0n) is 9.42. The molecule has 0 saturated heterocycles. The van der Waals surface area contributed by atoms with Crippen LogP contribution in [0.5, 0.6) is 0 Å². The van der Waals surface area contributed by atoms with Crippen LogP contribution in [0.15, 0.2) is 0 Å². The summed E-state index contributed by atoms with van der Waals surface area (Å²) in [5.41, 5.74) is 0. The molecule has 1 aliphatic carbocycles. The van der Waals surface area contributed by atoms with Gasteiger partial charge in [-0.15, -0.1) is 0 Å². The molecule has 82 valence electrons. The van der Waals surface area contributed by atoms with Gasteiger partial charge in [0.2, 0.25) is 0 Å². The molecular weight excluding hydrogens is 192 g/mol. The lowest BCUT2D eigenvalue weighted by molar-refractivity contribution is 0.249. The molecule has 1 nitrogen and oxygen atoms in total. The summed E-state index contributed by atoms with van der Waals surface area (Å²) in [5, 5.41) is 0.781. The standard InChI is InChI=1S/C12H22OS/c1-3-10-5-4-6-11(9-10)7-8-12(14)13-2/h10-11H,3-9H2,1-2H3. The first-order valence-electron chi connectivity index (χ1n) is 5.83. The molecular formula is C12H22OS. The highest BCUT2D eigenvalue weighted by molar-refractivity contribution is 7.80. The van der Waals surface area contributed by atoms with Crippen molar-refractivity contribution in [3.05, 3.63) is 0 Å². The van der Waals surface area contributed by atoms with E-state index in [-0.39, 0.29) is 0 Å². The smallest absolute Gasteiger partial charge is 0.159 e. The maximum absolute atomic E-state index is 5.06. The minimum Gasteiger partial charge on any atom is -0.490 e. The fourth-order valence-corrected chi connectivity index (χ4v) is 2.58. The van der Waals surface area contributed by atoms with Crippen molar-refractivity contribution in [3.63, 3.8) is 0 Å². The van der Waals surface area contributed by atoms with Gasteiger partial charge < -0.3 is 4.74 Å². The predicted molar refractivity (Wildman–Crippen MR) is 64.6 cm³/mol. The predicted octanol–water partition coefficient (Wildman–Crippen LogP) is 3.96. The van der Waals surface area contributed by atoms with Crippen molar-refractivity contribution in [1.29, 1.82) is 0 Å². The van der Waals surface area contributed by atoms with Crippen molar-refractivity contribution < 1.29 is 4.74 Å². The highest BCUT2D eigenvalue weighted by atomic mass is 32.1. The average Bonchev–Trinajstić information content (AvgIpc) is 2.26. The van der Waals surface area contributed by atoms with Crippen LogP contribution in [0.1, 0.15) is 51.9 Å². The van der Waals surface area contributed by atoms with E-state index in [1.807, 2.05) is 0 Å². The monoisotopic (exact) mass is 214 g/mol. The van der Waals surface area contributed by atoms with Crippen LogP contribution in [-0.2, 0) is 4.74 Å². The second kappa shape index (κ2) is 6.39. The second-order valence-corrected chi connectivity index (χ2v) is 4.88. The summed E-state index contributed by atoms with van der Waals surface area (Å²) in [6.45, 7) is 2.31. The van der Waals surface area contributed by atoms with Crippen molar-refractivity contribution in [2.45, 2.75) is 51.9 Å². The molecule has 0 heterocycles. The fraction of sp³-hybridized carbons (Fsp3) is 0.917. The van der Waals surface area contributed by atoms with Crippen LogP contribution in [0.3, 0.4) is 0 Å². The van der Waals surface area contributed by atoms with Gasteiger partial charge in [0, 0.05) is 6.42 Å². The van der Waals surface area contributed by atoms with Gasteiger partial charge in [-0.3, -0.25) is 0 Å². The van der Waals surface area contributed by atoms with Crippen molar-refractivity contribution in [2.24, 2.45) is 11.8 Å². The number of thiocarbonyl (C=S) groups is 1. The van der Waals surface area contributed by atoms with E-state index in [0.717, 1.165) is 23.3 Å². The van der Waals surface area contributed by atoms with Crippen LogP contribution in [-0.4, -0.2) is 12.2 Å². The Morgan fingerprint density at radius 1 is 1.36 bits per heavy atom.